The Balaban J connectivity index is 0.000000178. The second-order valence-electron chi connectivity index (χ2n) is 15.6. The van der Waals surface area contributed by atoms with Crippen molar-refractivity contribution in [2.45, 2.75) is 50.1 Å². The van der Waals surface area contributed by atoms with E-state index >= 15 is 0 Å². The molecule has 0 spiro atoms. The van der Waals surface area contributed by atoms with Crippen LogP contribution in [-0.4, -0.2) is 79.2 Å². The molecular formula is C43H47ClN8O4S2. The lowest BCUT2D eigenvalue weighted by Gasteiger charge is -2.40. The maximum atomic E-state index is 13.8. The number of sulfonamides is 1. The Morgan fingerprint density at radius 2 is 1.59 bits per heavy atom. The van der Waals surface area contributed by atoms with Crippen LogP contribution in [0.15, 0.2) is 101 Å². The number of halogens is 1. The van der Waals surface area contributed by atoms with E-state index in [4.69, 9.17) is 33.1 Å². The molecule has 1 saturated carbocycles. The molecule has 12 nitrogen and oxygen atoms in total. The summed E-state index contributed by atoms with van der Waals surface area (Å²) < 4.78 is 25.4. The molecule has 2 fully saturated rings. The molecule has 58 heavy (non-hydrogen) atoms. The summed E-state index contributed by atoms with van der Waals surface area (Å²) in [6.07, 6.45) is 5.78. The first-order valence-electron chi connectivity index (χ1n) is 19.3. The highest BCUT2D eigenvalue weighted by Gasteiger charge is 2.54. The van der Waals surface area contributed by atoms with E-state index in [1.54, 1.807) is 29.4 Å². The van der Waals surface area contributed by atoms with Crippen molar-refractivity contribution in [1.82, 2.24) is 14.1 Å². The molecule has 3 atom stereocenters. The van der Waals surface area contributed by atoms with Gasteiger partial charge in [-0.25, -0.2) is 22.7 Å². The second kappa shape index (κ2) is 16.3. The van der Waals surface area contributed by atoms with Crippen molar-refractivity contribution < 1.29 is 18.0 Å². The van der Waals surface area contributed by atoms with Crippen molar-refractivity contribution >= 4 is 56.7 Å². The average Bonchev–Trinajstić information content (AvgIpc) is 3.83. The van der Waals surface area contributed by atoms with Gasteiger partial charge < -0.3 is 11.5 Å². The lowest BCUT2D eigenvalue weighted by molar-refractivity contribution is -0.135. The Morgan fingerprint density at radius 1 is 0.931 bits per heavy atom. The number of nitriles is 1. The first-order chi connectivity index (χ1) is 27.6. The van der Waals surface area contributed by atoms with E-state index in [-0.39, 0.29) is 35.6 Å². The van der Waals surface area contributed by atoms with E-state index in [0.717, 1.165) is 52.1 Å². The number of piperidine rings is 1. The minimum absolute atomic E-state index is 0.0389. The lowest BCUT2D eigenvalue weighted by Crippen LogP contribution is -2.54. The van der Waals surface area contributed by atoms with E-state index in [2.05, 4.69) is 6.07 Å². The van der Waals surface area contributed by atoms with Crippen molar-refractivity contribution in [3.05, 3.63) is 118 Å². The SMILES string of the molecule is CN1C(=O)[C@H](C2CC2)[C@@](C)(c2ccc(-c3cc(Cl)cc(C#N)c3)s2)N=C1N.CS(=O)(=O)N1CCCC(CCN2C(=O)C(c3ccccc3)(c3ccccc3)N=C2N)C1. The molecule has 8 rings (SSSR count). The fourth-order valence-corrected chi connectivity index (χ4v) is 10.7. The van der Waals surface area contributed by atoms with Crippen LogP contribution in [0, 0.1) is 29.1 Å². The first kappa shape index (κ1) is 41.1. The van der Waals surface area contributed by atoms with Gasteiger partial charge >= 0.3 is 0 Å². The van der Waals surface area contributed by atoms with Gasteiger partial charge in [-0.1, -0.05) is 72.3 Å². The molecule has 15 heteroatoms. The largest absolute Gasteiger partial charge is 0.369 e. The fraction of sp³-hybridized carbons (Fsp3) is 0.372. The summed E-state index contributed by atoms with van der Waals surface area (Å²) in [7, 11) is -1.52. The van der Waals surface area contributed by atoms with Gasteiger partial charge in [0.05, 0.1) is 23.8 Å². The topological polar surface area (TPSA) is 179 Å². The Morgan fingerprint density at radius 3 is 2.19 bits per heavy atom. The van der Waals surface area contributed by atoms with E-state index in [0.29, 0.717) is 42.6 Å². The Labute approximate surface area is 348 Å². The summed E-state index contributed by atoms with van der Waals surface area (Å²) >= 11 is 7.73. The number of hydrogen-bond acceptors (Lipinski definition) is 10. The van der Waals surface area contributed by atoms with Crippen LogP contribution in [0.1, 0.15) is 60.6 Å². The summed E-state index contributed by atoms with van der Waals surface area (Å²) in [5.41, 5.74) is 13.4. The molecule has 1 aliphatic carbocycles. The van der Waals surface area contributed by atoms with E-state index < -0.39 is 21.1 Å². The number of benzene rings is 3. The van der Waals surface area contributed by atoms with Crippen LogP contribution >= 0.6 is 22.9 Å². The summed E-state index contributed by atoms with van der Waals surface area (Å²) in [5, 5.41) is 9.72. The Bertz CT molecular complexity index is 2370. The van der Waals surface area contributed by atoms with E-state index in [1.165, 1.54) is 15.5 Å². The van der Waals surface area contributed by atoms with Crippen molar-refractivity contribution in [2.24, 2.45) is 39.2 Å². The van der Waals surface area contributed by atoms with Crippen molar-refractivity contribution in [1.29, 1.82) is 5.26 Å². The van der Waals surface area contributed by atoms with Crippen LogP contribution in [0.2, 0.25) is 5.02 Å². The molecule has 1 aromatic heterocycles. The van der Waals surface area contributed by atoms with Crippen LogP contribution in [0.25, 0.3) is 10.4 Å². The van der Waals surface area contributed by atoms with Crippen LogP contribution in [0.3, 0.4) is 0 Å². The van der Waals surface area contributed by atoms with E-state index in [9.17, 15) is 23.3 Å². The second-order valence-corrected chi connectivity index (χ2v) is 19.1. The van der Waals surface area contributed by atoms with Crippen LogP contribution in [0.4, 0.5) is 0 Å². The fourth-order valence-electron chi connectivity index (χ4n) is 8.38. The number of aliphatic imine (C=N–C) groups is 2. The van der Waals surface area contributed by atoms with Crippen molar-refractivity contribution in [3.63, 3.8) is 0 Å². The molecule has 4 N–H and O–H groups in total. The molecule has 302 valence electrons. The molecule has 0 radical (unpaired) electrons. The van der Waals surface area contributed by atoms with Crippen LogP contribution in [-0.2, 0) is 30.7 Å². The summed E-state index contributed by atoms with van der Waals surface area (Å²) in [6.45, 7) is 3.47. The number of nitrogens with two attached hydrogens (primary N) is 2. The molecule has 4 heterocycles. The number of amides is 2. The minimum atomic E-state index is -3.20. The van der Waals surface area contributed by atoms with Gasteiger partial charge in [0.25, 0.3) is 5.91 Å². The smallest absolute Gasteiger partial charge is 0.266 e. The predicted molar refractivity (Wildman–Crippen MR) is 228 cm³/mol. The van der Waals surface area contributed by atoms with Gasteiger partial charge in [0.15, 0.2) is 17.5 Å². The molecule has 1 saturated heterocycles. The normalized spacial score (nSPS) is 23.4. The van der Waals surface area contributed by atoms with Gasteiger partial charge in [-0.3, -0.25) is 19.4 Å². The zero-order valence-corrected chi connectivity index (χ0v) is 35.1. The number of hydrogen-bond donors (Lipinski definition) is 2. The van der Waals surface area contributed by atoms with Crippen molar-refractivity contribution in [3.8, 4) is 16.5 Å². The number of carbonyl (C=O) groups is 2. The number of guanidine groups is 2. The van der Waals surface area contributed by atoms with Gasteiger partial charge in [-0.15, -0.1) is 11.3 Å². The first-order valence-corrected chi connectivity index (χ1v) is 22.4. The number of carbonyl (C=O) groups excluding carboxylic acids is 2. The minimum Gasteiger partial charge on any atom is -0.369 e. The zero-order valence-electron chi connectivity index (χ0n) is 32.7. The molecule has 0 bridgehead atoms. The van der Waals surface area contributed by atoms with Crippen LogP contribution in [0.5, 0.6) is 0 Å². The zero-order chi connectivity index (χ0) is 41.4. The highest BCUT2D eigenvalue weighted by Crippen LogP contribution is 2.52. The van der Waals surface area contributed by atoms with Crippen molar-refractivity contribution in [2.75, 3.05) is 32.9 Å². The maximum Gasteiger partial charge on any atom is 0.266 e. The number of nitrogens with zero attached hydrogens (tertiary/aromatic N) is 6. The standard InChI is InChI=1S/C23H28N4O3S.C20H19ClN4OS/c1-31(29,30)26-15-8-9-18(17-26)14-16-27-21(28)23(25-22(27)24,19-10-4-2-5-11-19)20-12-6-3-7-13-20;1-20(17(12-3-4-12)18(26)25(2)19(23)24-20)16-6-5-15(27-16)13-7-11(10-22)8-14(21)9-13/h2-7,10-13,18H,8-9,14-17H2,1H3,(H2,24,25);5-9,12,17H,3-4H2,1-2H3,(H2,23,24)/t;17-,20+/m.0/s1. The monoisotopic (exact) mass is 838 g/mol. The highest BCUT2D eigenvalue weighted by molar-refractivity contribution is 7.88. The summed E-state index contributed by atoms with van der Waals surface area (Å²) in [6, 6.07) is 30.4. The van der Waals surface area contributed by atoms with Gasteiger partial charge in [-0.05, 0) is 97.9 Å². The van der Waals surface area contributed by atoms with E-state index in [1.807, 2.05) is 91.9 Å². The van der Waals surface area contributed by atoms with Gasteiger partial charge in [0.1, 0.15) is 5.54 Å². The quantitative estimate of drug-likeness (QED) is 0.204. The van der Waals surface area contributed by atoms with Gasteiger partial charge in [0, 0.05) is 41.5 Å². The summed E-state index contributed by atoms with van der Waals surface area (Å²) in [5.74, 6) is 0.666. The predicted octanol–water partition coefficient (Wildman–Crippen LogP) is 6.12. The third-order valence-electron chi connectivity index (χ3n) is 11.6. The molecule has 4 aromatic rings. The van der Waals surface area contributed by atoms with Gasteiger partial charge in [0.2, 0.25) is 15.9 Å². The molecule has 1 unspecified atom stereocenters. The average molecular weight is 839 g/mol. The lowest BCUT2D eigenvalue weighted by atomic mass is 9.79. The van der Waals surface area contributed by atoms with Gasteiger partial charge in [-0.2, -0.15) is 5.26 Å². The highest BCUT2D eigenvalue weighted by atomic mass is 35.5. The number of rotatable bonds is 9. The molecule has 2 amide bonds. The number of thiophene rings is 1. The summed E-state index contributed by atoms with van der Waals surface area (Å²) in [4.78, 5) is 41.1. The molecule has 3 aliphatic heterocycles. The molecule has 3 aromatic carbocycles. The maximum absolute atomic E-state index is 13.8. The third-order valence-corrected chi connectivity index (χ3v) is 14.5. The third kappa shape index (κ3) is 8.01. The van der Waals surface area contributed by atoms with Crippen LogP contribution < -0.4 is 11.5 Å². The molecule has 4 aliphatic rings. The molecular weight excluding hydrogens is 792 g/mol. The Hall–Kier alpha value is -5.07. The Kier molecular flexibility index (Phi) is 11.5.